The zero-order valence-electron chi connectivity index (χ0n) is 12.2. The fraction of sp³-hybridized carbons (Fsp3) is 0.438. The van der Waals surface area contributed by atoms with E-state index in [1.807, 2.05) is 70.2 Å². The van der Waals surface area contributed by atoms with Crippen LogP contribution in [0.15, 0.2) is 48.1 Å². The topological polar surface area (TPSA) is 29.5 Å². The normalized spacial score (nSPS) is 25.8. The molecule has 2 aliphatic heterocycles. The Labute approximate surface area is 115 Å². The molecule has 19 heavy (non-hydrogen) atoms. The first-order valence-corrected chi connectivity index (χ1v) is 6.87. The van der Waals surface area contributed by atoms with Gasteiger partial charge in [0.1, 0.15) is 0 Å². The maximum absolute atomic E-state index is 11.6. The van der Waals surface area contributed by atoms with Gasteiger partial charge < -0.3 is 4.74 Å². The van der Waals surface area contributed by atoms with Gasteiger partial charge in [0.15, 0.2) is 6.10 Å². The van der Waals surface area contributed by atoms with Crippen molar-refractivity contribution in [2.45, 2.75) is 39.8 Å². The van der Waals surface area contributed by atoms with E-state index in [-0.39, 0.29) is 18.2 Å². The van der Waals surface area contributed by atoms with Crippen LogP contribution >= 0.6 is 0 Å². The lowest BCUT2D eigenvalue weighted by molar-refractivity contribution is 0.144. The molecule has 0 saturated carbocycles. The van der Waals surface area contributed by atoms with Crippen LogP contribution < -0.4 is 0 Å². The number of carbonyl (C=O) groups is 1. The van der Waals surface area contributed by atoms with E-state index in [1.165, 1.54) is 0 Å². The third-order valence-corrected chi connectivity index (χ3v) is 2.94. The molecule has 2 rings (SSSR count). The van der Waals surface area contributed by atoms with Crippen molar-refractivity contribution in [2.75, 3.05) is 6.54 Å². The molecule has 1 amide bonds. The summed E-state index contributed by atoms with van der Waals surface area (Å²) < 4.78 is 5.42. The molecule has 2 unspecified atom stereocenters. The van der Waals surface area contributed by atoms with Gasteiger partial charge in [-0.05, 0) is 19.4 Å². The molecule has 0 radical (unpaired) electrons. The molecule has 2 atom stereocenters. The van der Waals surface area contributed by atoms with Crippen molar-refractivity contribution in [3.63, 3.8) is 0 Å². The molecule has 3 heteroatoms. The first-order chi connectivity index (χ1) is 9.27. The molecule has 3 nitrogen and oxygen atoms in total. The summed E-state index contributed by atoms with van der Waals surface area (Å²) in [6.07, 6.45) is 13.5. The van der Waals surface area contributed by atoms with E-state index in [9.17, 15) is 4.79 Å². The molecule has 0 aromatic heterocycles. The Balaban J connectivity index is 0.000000861. The third-order valence-electron chi connectivity index (χ3n) is 2.94. The van der Waals surface area contributed by atoms with Crippen LogP contribution in [0.5, 0.6) is 0 Å². The summed E-state index contributed by atoms with van der Waals surface area (Å²) >= 11 is 0. The van der Waals surface area contributed by atoms with E-state index in [0.29, 0.717) is 6.54 Å². The van der Waals surface area contributed by atoms with E-state index >= 15 is 0 Å². The second kappa shape index (κ2) is 7.62. The molecule has 0 spiro atoms. The number of fused-ring (bicyclic) bond motifs is 1. The van der Waals surface area contributed by atoms with Crippen molar-refractivity contribution in [3.05, 3.63) is 48.1 Å². The standard InChI is InChI=1S/C14H17NO2.C2H6/c1-3-5-8-11(7-4-2)13-12-9-6-10-15(12)14(16)17-13;1-2/h3-9,12-13H,10H2,1-2H3;1-2H3/b5-3-,7-4-,11-8+;. The van der Waals surface area contributed by atoms with Gasteiger partial charge >= 0.3 is 6.09 Å². The number of rotatable bonds is 3. The van der Waals surface area contributed by atoms with E-state index in [2.05, 4.69) is 0 Å². The molecule has 0 aromatic rings. The summed E-state index contributed by atoms with van der Waals surface area (Å²) in [5.41, 5.74) is 1.03. The highest BCUT2D eigenvalue weighted by Gasteiger charge is 2.42. The van der Waals surface area contributed by atoms with Crippen LogP contribution in [0.1, 0.15) is 27.7 Å². The van der Waals surface area contributed by atoms with Crippen LogP contribution in [0.3, 0.4) is 0 Å². The molecule has 2 aliphatic rings. The molecule has 0 bridgehead atoms. The molecule has 0 aromatic carbocycles. The molecule has 2 heterocycles. The molecular formula is C16H23NO2. The van der Waals surface area contributed by atoms with Crippen LogP contribution in [0.25, 0.3) is 0 Å². The maximum Gasteiger partial charge on any atom is 0.411 e. The van der Waals surface area contributed by atoms with Crippen LogP contribution in [-0.2, 0) is 4.74 Å². The molecule has 104 valence electrons. The minimum atomic E-state index is -0.221. The summed E-state index contributed by atoms with van der Waals surface area (Å²) in [5, 5.41) is 0. The Morgan fingerprint density at radius 3 is 2.74 bits per heavy atom. The summed E-state index contributed by atoms with van der Waals surface area (Å²) in [6.45, 7) is 8.58. The highest BCUT2D eigenvalue weighted by molar-refractivity contribution is 5.73. The Bertz CT molecular complexity index is 418. The molecule has 1 fully saturated rings. The quantitative estimate of drug-likeness (QED) is 0.570. The van der Waals surface area contributed by atoms with Crippen LogP contribution in [-0.4, -0.2) is 29.7 Å². The Morgan fingerprint density at radius 2 is 2.11 bits per heavy atom. The molecule has 1 saturated heterocycles. The second-order valence-corrected chi connectivity index (χ2v) is 4.07. The summed E-state index contributed by atoms with van der Waals surface area (Å²) in [4.78, 5) is 13.4. The predicted octanol–water partition coefficient (Wildman–Crippen LogP) is 3.85. The molecule has 0 aliphatic carbocycles. The lowest BCUT2D eigenvalue weighted by Crippen LogP contribution is -2.31. The Morgan fingerprint density at radius 1 is 1.37 bits per heavy atom. The summed E-state index contributed by atoms with van der Waals surface area (Å²) in [5.74, 6) is 0. The first kappa shape index (κ1) is 15.3. The van der Waals surface area contributed by atoms with Gasteiger partial charge in [0.05, 0.1) is 6.04 Å². The van der Waals surface area contributed by atoms with Gasteiger partial charge in [-0.2, -0.15) is 0 Å². The molecular weight excluding hydrogens is 238 g/mol. The van der Waals surface area contributed by atoms with Crippen molar-refractivity contribution in [3.8, 4) is 0 Å². The van der Waals surface area contributed by atoms with Gasteiger partial charge in [0.25, 0.3) is 0 Å². The van der Waals surface area contributed by atoms with Gasteiger partial charge in [0, 0.05) is 6.54 Å². The SMILES string of the molecule is CC.C\C=C/C=C(\C=C/C)C1OC(=O)N2CC=CC12. The number of nitrogens with zero attached hydrogens (tertiary/aromatic N) is 1. The van der Waals surface area contributed by atoms with Crippen molar-refractivity contribution >= 4 is 6.09 Å². The number of hydrogen-bond acceptors (Lipinski definition) is 2. The van der Waals surface area contributed by atoms with Crippen molar-refractivity contribution < 1.29 is 9.53 Å². The Hall–Kier alpha value is -1.77. The van der Waals surface area contributed by atoms with E-state index in [1.54, 1.807) is 4.90 Å². The number of ether oxygens (including phenoxy) is 1. The number of carbonyl (C=O) groups excluding carboxylic acids is 1. The third kappa shape index (κ3) is 3.37. The zero-order valence-corrected chi connectivity index (χ0v) is 12.2. The van der Waals surface area contributed by atoms with Crippen LogP contribution in [0, 0.1) is 0 Å². The number of allylic oxidation sites excluding steroid dienone is 4. The highest BCUT2D eigenvalue weighted by Crippen LogP contribution is 2.29. The molecule has 0 N–H and O–H groups in total. The van der Waals surface area contributed by atoms with Gasteiger partial charge in [0.2, 0.25) is 0 Å². The lowest BCUT2D eigenvalue weighted by Gasteiger charge is -2.16. The summed E-state index contributed by atoms with van der Waals surface area (Å²) in [6, 6.07) is 0.0511. The minimum Gasteiger partial charge on any atom is -0.439 e. The van der Waals surface area contributed by atoms with E-state index < -0.39 is 0 Å². The van der Waals surface area contributed by atoms with Gasteiger partial charge in [-0.15, -0.1) is 0 Å². The fourth-order valence-corrected chi connectivity index (χ4v) is 2.16. The predicted molar refractivity (Wildman–Crippen MR) is 79.0 cm³/mol. The number of amides is 1. The van der Waals surface area contributed by atoms with Crippen LogP contribution in [0.4, 0.5) is 4.79 Å². The van der Waals surface area contributed by atoms with E-state index in [4.69, 9.17) is 4.74 Å². The number of hydrogen-bond donors (Lipinski definition) is 0. The second-order valence-electron chi connectivity index (χ2n) is 4.07. The average molecular weight is 261 g/mol. The highest BCUT2D eigenvalue weighted by atomic mass is 16.6. The first-order valence-electron chi connectivity index (χ1n) is 6.87. The van der Waals surface area contributed by atoms with Crippen molar-refractivity contribution in [1.82, 2.24) is 4.90 Å². The smallest absolute Gasteiger partial charge is 0.411 e. The Kier molecular flexibility index (Phi) is 6.13. The maximum atomic E-state index is 11.6. The van der Waals surface area contributed by atoms with Crippen molar-refractivity contribution in [1.29, 1.82) is 0 Å². The van der Waals surface area contributed by atoms with Crippen LogP contribution in [0.2, 0.25) is 0 Å². The minimum absolute atomic E-state index is 0.0511. The van der Waals surface area contributed by atoms with Gasteiger partial charge in [-0.1, -0.05) is 56.4 Å². The van der Waals surface area contributed by atoms with E-state index in [0.717, 1.165) is 5.57 Å². The number of cyclic esters (lactones) is 1. The van der Waals surface area contributed by atoms with Gasteiger partial charge in [-0.25, -0.2) is 4.79 Å². The lowest BCUT2D eigenvalue weighted by atomic mass is 10.0. The monoisotopic (exact) mass is 261 g/mol. The van der Waals surface area contributed by atoms with Gasteiger partial charge in [-0.3, -0.25) is 4.90 Å². The zero-order chi connectivity index (χ0) is 14.3. The average Bonchev–Trinajstić information content (AvgIpc) is 3.02. The van der Waals surface area contributed by atoms with Crippen molar-refractivity contribution in [2.24, 2.45) is 0 Å². The largest absolute Gasteiger partial charge is 0.439 e. The fourth-order valence-electron chi connectivity index (χ4n) is 2.16. The summed E-state index contributed by atoms with van der Waals surface area (Å²) in [7, 11) is 0.